The fraction of sp³-hybridized carbons (Fsp3) is 0.0517. The van der Waals surface area contributed by atoms with Gasteiger partial charge < -0.3 is 18.8 Å². The van der Waals surface area contributed by atoms with Crippen molar-refractivity contribution in [3.05, 3.63) is 404 Å². The quantitative estimate of drug-likeness (QED) is 0.161. The second-order valence-electron chi connectivity index (χ2n) is 34.5. The SMILES string of the molecule is CC1(C)c2cc3c(cc2-c2cc4c5ccccc5n(-c5ccccc5)c4cc21)c1ccccc1c1cc(-c2ccc4ccc5ccc(-c6ccccc6)nc5c4n2)c2ccccc2c31.CC1(C)c2cc3c(cc2-c2cc4c5ccccc5n(-c5ccccc5)c4cc21)c1ccccc1c1cc(N2c4ccccc4Oc4ccccc42)c2ccccc2c31. The highest BCUT2D eigenvalue weighted by Gasteiger charge is 2.40. The van der Waals surface area contributed by atoms with Crippen LogP contribution in [0.4, 0.5) is 17.1 Å². The largest absolute Gasteiger partial charge is 0.453 e. The lowest BCUT2D eigenvalue weighted by atomic mass is 9.80. The zero-order valence-corrected chi connectivity index (χ0v) is 67.5. The predicted octanol–water partition coefficient (Wildman–Crippen LogP) is 31.4. The Bertz CT molecular complexity index is 8690. The van der Waals surface area contributed by atoms with Crippen LogP contribution in [-0.4, -0.2) is 19.1 Å². The van der Waals surface area contributed by atoms with Crippen LogP contribution >= 0.6 is 0 Å². The number of anilines is 3. The minimum Gasteiger partial charge on any atom is -0.453 e. The van der Waals surface area contributed by atoms with Gasteiger partial charge in [-0.2, -0.15) is 0 Å². The Morgan fingerprint density at radius 1 is 0.230 bits per heavy atom. The molecule has 20 aromatic carbocycles. The van der Waals surface area contributed by atoms with Gasteiger partial charge in [-0.25, -0.2) is 9.97 Å². The highest BCUT2D eigenvalue weighted by Crippen LogP contribution is 2.59. The highest BCUT2D eigenvalue weighted by molar-refractivity contribution is 6.36. The average molecular weight is 1550 g/mol. The van der Waals surface area contributed by atoms with Gasteiger partial charge in [0.2, 0.25) is 0 Å². The van der Waals surface area contributed by atoms with E-state index in [-0.39, 0.29) is 10.8 Å². The normalized spacial score (nSPS) is 13.6. The van der Waals surface area contributed by atoms with Crippen molar-refractivity contribution in [3.63, 3.8) is 0 Å². The number of para-hydroxylation sites is 8. The molecule has 0 N–H and O–H groups in total. The zero-order valence-electron chi connectivity index (χ0n) is 67.5. The number of hydrogen-bond donors (Lipinski definition) is 0. The number of fused-ring (bicyclic) bond motifs is 33. The molecule has 3 aliphatic rings. The molecule has 0 atom stereocenters. The third-order valence-electron chi connectivity index (χ3n) is 27.4. The van der Waals surface area contributed by atoms with E-state index < -0.39 is 0 Å². The molecular weight excluding hydrogens is 1480 g/mol. The van der Waals surface area contributed by atoms with Crippen molar-refractivity contribution >= 4 is 169 Å². The fourth-order valence-electron chi connectivity index (χ4n) is 21.7. The standard InChI is InChI=1S/C61H39N3.C55H36N2O/c1-61(2)52-34-51-45(31-46(52)47-32-49-43-22-13-14-24-56(43)64(57(49)35-53(47)61)39-17-7-4-8-18-39)40-19-9-10-20-41(40)50-33-48(42-21-11-12-23-44(42)58(50)51)55-30-28-38-26-25-37-27-29-54(36-15-5-3-6-16-36)62-59(37)60(38)63-55;1-55(2)45-30-43-39(28-40(45)41-29-42-37-21-10-11-23-47(37)56(51(42)32-46(41)55)33-16-4-3-5-17-33)34-18-6-7-19-35(34)44-31-50(36-20-8-9-22-38(36)54(43)44)57-48-24-12-14-26-52(48)58-53-27-15-13-25-49(53)57/h3-35H,1-2H3;3-32H,1-2H3. The molecule has 570 valence electrons. The molecule has 0 unspecified atom stereocenters. The van der Waals surface area contributed by atoms with Crippen molar-refractivity contribution in [2.75, 3.05) is 4.90 Å². The van der Waals surface area contributed by atoms with Gasteiger partial charge in [-0.05, 0) is 259 Å². The summed E-state index contributed by atoms with van der Waals surface area (Å²) in [6.45, 7) is 9.66. The molecule has 122 heavy (non-hydrogen) atoms. The molecule has 0 fully saturated rings. The second kappa shape index (κ2) is 25.5. The van der Waals surface area contributed by atoms with E-state index in [4.69, 9.17) is 14.7 Å². The molecule has 0 bridgehead atoms. The Labute approximate surface area is 703 Å². The first kappa shape index (κ1) is 68.5. The van der Waals surface area contributed by atoms with Gasteiger partial charge in [0, 0.05) is 71.0 Å². The Hall–Kier alpha value is -15.5. The van der Waals surface area contributed by atoms with E-state index in [2.05, 4.69) is 406 Å². The van der Waals surface area contributed by atoms with Crippen molar-refractivity contribution in [2.24, 2.45) is 0 Å². The predicted molar refractivity (Wildman–Crippen MR) is 513 cm³/mol. The van der Waals surface area contributed by atoms with Gasteiger partial charge in [-0.3, -0.25) is 0 Å². The molecule has 27 rings (SSSR count). The van der Waals surface area contributed by atoms with Gasteiger partial charge in [0.25, 0.3) is 0 Å². The first-order valence-electron chi connectivity index (χ1n) is 42.4. The fourth-order valence-corrected chi connectivity index (χ4v) is 21.7. The molecule has 5 heterocycles. The molecule has 0 radical (unpaired) electrons. The van der Waals surface area contributed by atoms with Gasteiger partial charge in [-0.15, -0.1) is 0 Å². The van der Waals surface area contributed by atoms with E-state index in [1.807, 2.05) is 18.2 Å². The Morgan fingerprint density at radius 2 is 0.574 bits per heavy atom. The van der Waals surface area contributed by atoms with Crippen LogP contribution in [0.5, 0.6) is 11.5 Å². The second-order valence-corrected chi connectivity index (χ2v) is 34.5. The summed E-state index contributed by atoms with van der Waals surface area (Å²) in [7, 11) is 0. The van der Waals surface area contributed by atoms with Crippen molar-refractivity contribution < 1.29 is 4.74 Å². The average Bonchev–Trinajstić information content (AvgIpc) is 1.30. The van der Waals surface area contributed by atoms with Crippen molar-refractivity contribution in [1.29, 1.82) is 0 Å². The van der Waals surface area contributed by atoms with E-state index in [1.54, 1.807) is 0 Å². The van der Waals surface area contributed by atoms with E-state index >= 15 is 0 Å². The summed E-state index contributed by atoms with van der Waals surface area (Å²) in [5, 5.41) is 27.4. The molecule has 0 spiro atoms. The number of ether oxygens (including phenoxy) is 1. The molecule has 24 aromatic rings. The molecule has 0 amide bonds. The summed E-state index contributed by atoms with van der Waals surface area (Å²) in [6.07, 6.45) is 0. The molecule has 0 saturated carbocycles. The number of pyridine rings is 2. The molecule has 4 aromatic heterocycles. The van der Waals surface area contributed by atoms with Gasteiger partial charge in [-0.1, -0.05) is 276 Å². The Balaban J connectivity index is 0.000000132. The lowest BCUT2D eigenvalue weighted by Crippen LogP contribution is -2.16. The maximum atomic E-state index is 6.47. The summed E-state index contributed by atoms with van der Waals surface area (Å²) in [5.74, 6) is 1.71. The van der Waals surface area contributed by atoms with Gasteiger partial charge in [0.05, 0.1) is 61.6 Å². The van der Waals surface area contributed by atoms with Crippen molar-refractivity contribution in [2.45, 2.75) is 38.5 Å². The van der Waals surface area contributed by atoms with E-state index in [9.17, 15) is 0 Å². The lowest BCUT2D eigenvalue weighted by Gasteiger charge is -2.34. The molecule has 2 aliphatic carbocycles. The molecular formula is C116H75N5O. The van der Waals surface area contributed by atoms with Crippen LogP contribution in [0.1, 0.15) is 49.9 Å². The van der Waals surface area contributed by atoms with E-state index in [1.165, 1.54) is 186 Å². The number of nitrogens with zero attached hydrogens (tertiary/aromatic N) is 5. The number of rotatable bonds is 5. The van der Waals surface area contributed by atoms with Crippen LogP contribution < -0.4 is 9.64 Å². The summed E-state index contributed by atoms with van der Waals surface area (Å²) in [6, 6.07) is 140. The summed E-state index contributed by atoms with van der Waals surface area (Å²) >= 11 is 0. The Kier molecular flexibility index (Phi) is 14.3. The lowest BCUT2D eigenvalue weighted by molar-refractivity contribution is 0.477. The summed E-state index contributed by atoms with van der Waals surface area (Å²) in [5.41, 5.74) is 26.8. The molecule has 6 nitrogen and oxygen atoms in total. The van der Waals surface area contributed by atoms with Gasteiger partial charge in [0.15, 0.2) is 11.5 Å². The number of benzene rings is 20. The van der Waals surface area contributed by atoms with Crippen molar-refractivity contribution in [3.8, 4) is 67.6 Å². The third-order valence-corrected chi connectivity index (χ3v) is 27.4. The Morgan fingerprint density at radius 3 is 1.07 bits per heavy atom. The molecule has 0 saturated heterocycles. The first-order valence-corrected chi connectivity index (χ1v) is 42.4. The maximum absolute atomic E-state index is 6.47. The minimum atomic E-state index is -0.231. The summed E-state index contributed by atoms with van der Waals surface area (Å²) in [4.78, 5) is 13.1. The highest BCUT2D eigenvalue weighted by atomic mass is 16.5. The zero-order chi connectivity index (χ0) is 80.5. The van der Waals surface area contributed by atoms with E-state index in [0.29, 0.717) is 0 Å². The van der Waals surface area contributed by atoms with Crippen LogP contribution in [0.15, 0.2) is 382 Å². The molecule has 6 heteroatoms. The first-order chi connectivity index (χ1) is 60.0. The van der Waals surface area contributed by atoms with E-state index in [0.717, 1.165) is 72.9 Å². The third kappa shape index (κ3) is 9.71. The summed E-state index contributed by atoms with van der Waals surface area (Å²) < 4.78 is 11.4. The van der Waals surface area contributed by atoms with Gasteiger partial charge in [0.1, 0.15) is 0 Å². The maximum Gasteiger partial charge on any atom is 0.151 e. The smallest absolute Gasteiger partial charge is 0.151 e. The van der Waals surface area contributed by atoms with Crippen LogP contribution in [0, 0.1) is 0 Å². The number of aromatic nitrogens is 4. The number of hydrogen-bond acceptors (Lipinski definition) is 4. The molecule has 1 aliphatic heterocycles. The van der Waals surface area contributed by atoms with Crippen LogP contribution in [0.3, 0.4) is 0 Å². The van der Waals surface area contributed by atoms with Crippen molar-refractivity contribution in [1.82, 2.24) is 19.1 Å². The van der Waals surface area contributed by atoms with Crippen LogP contribution in [0.2, 0.25) is 0 Å². The van der Waals surface area contributed by atoms with Crippen LogP contribution in [0.25, 0.3) is 208 Å². The topological polar surface area (TPSA) is 48.1 Å². The van der Waals surface area contributed by atoms with Gasteiger partial charge >= 0.3 is 0 Å². The van der Waals surface area contributed by atoms with Crippen LogP contribution in [-0.2, 0) is 10.8 Å². The minimum absolute atomic E-state index is 0.222. The monoisotopic (exact) mass is 1550 g/mol.